The first-order valence-electron chi connectivity index (χ1n) is 10.4. The van der Waals surface area contributed by atoms with Gasteiger partial charge in [0.2, 0.25) is 0 Å². The first-order valence-corrected chi connectivity index (χ1v) is 10.8. The zero-order chi connectivity index (χ0) is 21.5. The van der Waals surface area contributed by atoms with Crippen LogP contribution < -0.4 is 9.47 Å². The van der Waals surface area contributed by atoms with Crippen molar-refractivity contribution in [3.63, 3.8) is 0 Å². The van der Waals surface area contributed by atoms with Crippen LogP contribution in [0.4, 0.5) is 0 Å². The van der Waals surface area contributed by atoms with Gasteiger partial charge in [-0.3, -0.25) is 0 Å². The van der Waals surface area contributed by atoms with Gasteiger partial charge in [0.15, 0.2) is 0 Å². The van der Waals surface area contributed by atoms with E-state index in [0.29, 0.717) is 25.9 Å². The molecule has 0 saturated carbocycles. The Labute approximate surface area is 182 Å². The topological polar surface area (TPSA) is 68.2 Å². The fourth-order valence-corrected chi connectivity index (χ4v) is 4.91. The molecule has 0 spiro atoms. The highest BCUT2D eigenvalue weighted by Gasteiger charge is 2.40. The van der Waals surface area contributed by atoms with Crippen LogP contribution in [0, 0.1) is 0 Å². The Bertz CT molecular complexity index is 909. The maximum absolute atomic E-state index is 10.3. The van der Waals surface area contributed by atoms with E-state index in [4.69, 9.17) is 25.8 Å². The Morgan fingerprint density at radius 2 is 1.93 bits per heavy atom. The van der Waals surface area contributed by atoms with Crippen molar-refractivity contribution in [1.29, 1.82) is 0 Å². The van der Waals surface area contributed by atoms with Crippen molar-refractivity contribution in [2.75, 3.05) is 20.3 Å². The summed E-state index contributed by atoms with van der Waals surface area (Å²) < 4.78 is 17.5. The summed E-state index contributed by atoms with van der Waals surface area (Å²) >= 11 is 6.91. The van der Waals surface area contributed by atoms with E-state index in [1.807, 2.05) is 30.3 Å². The number of aliphatic hydroxyl groups is 2. The predicted molar refractivity (Wildman–Crippen MR) is 116 cm³/mol. The monoisotopic (exact) mass is 432 g/mol. The summed E-state index contributed by atoms with van der Waals surface area (Å²) in [6.45, 7) is 4.67. The molecular weight excluding hydrogens is 404 g/mol. The number of fused-ring (bicyclic) bond motifs is 1. The van der Waals surface area contributed by atoms with E-state index in [1.54, 1.807) is 7.11 Å². The van der Waals surface area contributed by atoms with Gasteiger partial charge in [0.1, 0.15) is 11.5 Å². The summed E-state index contributed by atoms with van der Waals surface area (Å²) in [6.07, 6.45) is 0.318. The molecule has 30 heavy (non-hydrogen) atoms. The number of aliphatic hydroxyl groups excluding tert-OH is 2. The molecule has 162 valence electrons. The quantitative estimate of drug-likeness (QED) is 0.741. The Balaban J connectivity index is 1.76. The summed E-state index contributed by atoms with van der Waals surface area (Å²) in [5.41, 5.74) is 3.80. The third-order valence-corrected chi connectivity index (χ3v) is 6.49. The lowest BCUT2D eigenvalue weighted by molar-refractivity contribution is -0.114. The third kappa shape index (κ3) is 4.04. The summed E-state index contributed by atoms with van der Waals surface area (Å²) in [5.74, 6) is 1.58. The molecule has 2 aliphatic rings. The molecule has 3 unspecified atom stereocenters. The molecule has 2 heterocycles. The zero-order valence-electron chi connectivity index (χ0n) is 17.7. The van der Waals surface area contributed by atoms with E-state index in [0.717, 1.165) is 38.8 Å². The first-order chi connectivity index (χ1) is 14.3. The zero-order valence-corrected chi connectivity index (χ0v) is 18.4. The lowest BCUT2D eigenvalue weighted by atomic mass is 9.82. The van der Waals surface area contributed by atoms with Gasteiger partial charge in [-0.15, -0.1) is 0 Å². The van der Waals surface area contributed by atoms with Gasteiger partial charge in [0.25, 0.3) is 0 Å². The SMILES string of the molecule is COc1ccc(Cc2cc(C3CC(O)CC(CO)O3)c3c(c2Cl)C(C)(C)CO3)cc1. The van der Waals surface area contributed by atoms with Gasteiger partial charge in [-0.1, -0.05) is 37.6 Å². The molecule has 2 N–H and O–H groups in total. The van der Waals surface area contributed by atoms with E-state index in [9.17, 15) is 10.2 Å². The van der Waals surface area contributed by atoms with Crippen molar-refractivity contribution in [2.45, 2.75) is 56.8 Å². The maximum atomic E-state index is 10.3. The molecule has 2 aromatic carbocycles. The van der Waals surface area contributed by atoms with E-state index in [2.05, 4.69) is 13.8 Å². The highest BCUT2D eigenvalue weighted by molar-refractivity contribution is 6.32. The third-order valence-electron chi connectivity index (χ3n) is 6.06. The lowest BCUT2D eigenvalue weighted by Crippen LogP contribution is -2.33. The fourth-order valence-electron chi connectivity index (χ4n) is 4.45. The molecular formula is C24H29ClO5. The molecule has 0 aromatic heterocycles. The number of methoxy groups -OCH3 is 1. The minimum Gasteiger partial charge on any atom is -0.497 e. The van der Waals surface area contributed by atoms with Crippen molar-refractivity contribution in [3.8, 4) is 11.5 Å². The highest BCUT2D eigenvalue weighted by atomic mass is 35.5. The molecule has 1 fully saturated rings. The van der Waals surface area contributed by atoms with Gasteiger partial charge in [0.05, 0.1) is 43.7 Å². The molecule has 0 aliphatic carbocycles. The van der Waals surface area contributed by atoms with E-state index < -0.39 is 6.10 Å². The molecule has 0 radical (unpaired) electrons. The number of hydrogen-bond donors (Lipinski definition) is 2. The normalized spacial score (nSPS) is 24.9. The van der Waals surface area contributed by atoms with Gasteiger partial charge in [0, 0.05) is 29.4 Å². The Kier molecular flexibility index (Phi) is 5.99. The van der Waals surface area contributed by atoms with Crippen molar-refractivity contribution < 1.29 is 24.4 Å². The van der Waals surface area contributed by atoms with Crippen molar-refractivity contribution in [3.05, 3.63) is 57.6 Å². The van der Waals surface area contributed by atoms with E-state index >= 15 is 0 Å². The van der Waals surface area contributed by atoms with Gasteiger partial charge >= 0.3 is 0 Å². The lowest BCUT2D eigenvalue weighted by Gasteiger charge is -2.33. The Morgan fingerprint density at radius 1 is 1.20 bits per heavy atom. The second-order valence-corrected chi connectivity index (χ2v) is 9.27. The summed E-state index contributed by atoms with van der Waals surface area (Å²) in [6, 6.07) is 10.00. The molecule has 1 saturated heterocycles. The number of ether oxygens (including phenoxy) is 3. The summed E-state index contributed by atoms with van der Waals surface area (Å²) in [5, 5.41) is 20.6. The smallest absolute Gasteiger partial charge is 0.130 e. The molecule has 3 atom stereocenters. The number of hydrogen-bond acceptors (Lipinski definition) is 5. The second-order valence-electron chi connectivity index (χ2n) is 8.89. The molecule has 4 rings (SSSR count). The van der Waals surface area contributed by atoms with Crippen molar-refractivity contribution in [1.82, 2.24) is 0 Å². The molecule has 2 aliphatic heterocycles. The molecule has 5 nitrogen and oxygen atoms in total. The van der Waals surface area contributed by atoms with Crippen LogP contribution in [-0.4, -0.2) is 42.7 Å². The van der Waals surface area contributed by atoms with Gasteiger partial charge < -0.3 is 24.4 Å². The van der Waals surface area contributed by atoms with Crippen LogP contribution in [0.1, 0.15) is 55.0 Å². The number of rotatable bonds is 5. The van der Waals surface area contributed by atoms with Crippen LogP contribution in [-0.2, 0) is 16.6 Å². The van der Waals surface area contributed by atoms with Crippen molar-refractivity contribution in [2.24, 2.45) is 0 Å². The average Bonchev–Trinajstić information content (AvgIpc) is 3.05. The molecule has 2 aromatic rings. The second kappa shape index (κ2) is 8.39. The van der Waals surface area contributed by atoms with Crippen LogP contribution in [0.15, 0.2) is 30.3 Å². The maximum Gasteiger partial charge on any atom is 0.130 e. The van der Waals surface area contributed by atoms with Crippen LogP contribution in [0.25, 0.3) is 0 Å². The van der Waals surface area contributed by atoms with Crippen LogP contribution >= 0.6 is 11.6 Å². The minimum absolute atomic E-state index is 0.117. The Hall–Kier alpha value is -1.79. The molecule has 0 amide bonds. The van der Waals surface area contributed by atoms with E-state index in [-0.39, 0.29) is 24.2 Å². The largest absolute Gasteiger partial charge is 0.497 e. The van der Waals surface area contributed by atoms with Gasteiger partial charge in [-0.2, -0.15) is 0 Å². The Morgan fingerprint density at radius 3 is 2.60 bits per heavy atom. The van der Waals surface area contributed by atoms with Crippen LogP contribution in [0.5, 0.6) is 11.5 Å². The van der Waals surface area contributed by atoms with Crippen molar-refractivity contribution >= 4 is 11.6 Å². The van der Waals surface area contributed by atoms with E-state index in [1.165, 1.54) is 0 Å². The average molecular weight is 433 g/mol. The number of halogens is 1. The van der Waals surface area contributed by atoms with Gasteiger partial charge in [-0.05, 0) is 35.7 Å². The fraction of sp³-hybridized carbons (Fsp3) is 0.500. The summed E-state index contributed by atoms with van der Waals surface area (Å²) in [7, 11) is 1.65. The van der Waals surface area contributed by atoms with Gasteiger partial charge in [-0.25, -0.2) is 0 Å². The van der Waals surface area contributed by atoms with Crippen LogP contribution in [0.2, 0.25) is 5.02 Å². The highest BCUT2D eigenvalue weighted by Crippen LogP contribution is 2.50. The predicted octanol–water partition coefficient (Wildman–Crippen LogP) is 4.18. The molecule has 0 bridgehead atoms. The summed E-state index contributed by atoms with van der Waals surface area (Å²) in [4.78, 5) is 0. The number of benzene rings is 2. The molecule has 6 heteroatoms. The first kappa shape index (κ1) is 21.4. The minimum atomic E-state index is -0.522. The standard InChI is InChI=1S/C24H29ClO5/c1-24(2)13-29-23-19(20-11-16(27)10-18(12-26)30-20)9-15(22(25)21(23)24)8-14-4-6-17(28-3)7-5-14/h4-7,9,16,18,20,26-27H,8,10-13H2,1-3H3. The van der Waals surface area contributed by atoms with Crippen LogP contribution in [0.3, 0.4) is 0 Å².